The van der Waals surface area contributed by atoms with Crippen LogP contribution in [0.5, 0.6) is 0 Å². The number of rotatable bonds is 0. The summed E-state index contributed by atoms with van der Waals surface area (Å²) in [6.07, 6.45) is 0. The van der Waals surface area contributed by atoms with Gasteiger partial charge in [0.05, 0.1) is 0 Å². The normalized spacial score (nSPS) is 2.40. The minimum absolute atomic E-state index is 0. The van der Waals surface area contributed by atoms with E-state index in [-0.39, 0.29) is 12.4 Å². The first-order chi connectivity index (χ1) is 2.00. The van der Waals surface area contributed by atoms with Crippen molar-refractivity contribution in [2.24, 2.45) is 11.5 Å². The smallest absolute Gasteiger partial charge is 0.0195 e. The van der Waals surface area contributed by atoms with Crippen molar-refractivity contribution >= 4 is 12.4 Å². The van der Waals surface area contributed by atoms with Gasteiger partial charge < -0.3 is 11.5 Å². The lowest BCUT2D eigenvalue weighted by Crippen LogP contribution is -1.69. The third-order valence-electron chi connectivity index (χ3n) is 0. The molecule has 0 aliphatic rings. The standard InChI is InChI=1S/2CH5N.ClH/c2*1-2;/h2*2H2,1H3;1H. The number of hydrogen-bond donors (Lipinski definition) is 2. The van der Waals surface area contributed by atoms with Crippen molar-refractivity contribution in [1.82, 2.24) is 0 Å². The lowest BCUT2D eigenvalue weighted by molar-refractivity contribution is 1.48. The van der Waals surface area contributed by atoms with Gasteiger partial charge in [-0.15, -0.1) is 12.4 Å². The van der Waals surface area contributed by atoms with E-state index in [4.69, 9.17) is 0 Å². The Kier molecular flexibility index (Phi) is 3720. The average molecular weight is 98.6 g/mol. The SMILES string of the molecule is CN.CN.Cl. The maximum absolute atomic E-state index is 4.50. The molecule has 0 rings (SSSR count). The molecule has 0 saturated heterocycles. The monoisotopic (exact) mass is 98.1 g/mol. The van der Waals surface area contributed by atoms with E-state index in [0.717, 1.165) is 0 Å². The Balaban J connectivity index is -0.0000000133. The summed E-state index contributed by atoms with van der Waals surface area (Å²) < 4.78 is 0. The molecule has 0 aliphatic heterocycles. The quantitative estimate of drug-likeness (QED) is 0.432. The molecular weight excluding hydrogens is 87.5 g/mol. The van der Waals surface area contributed by atoms with Crippen molar-refractivity contribution in [1.29, 1.82) is 0 Å². The summed E-state index contributed by atoms with van der Waals surface area (Å²) in [6, 6.07) is 0. The Hall–Kier alpha value is 0.210. The number of halogens is 1. The highest BCUT2D eigenvalue weighted by molar-refractivity contribution is 5.85. The van der Waals surface area contributed by atoms with Gasteiger partial charge in [-0.05, 0) is 14.1 Å². The van der Waals surface area contributed by atoms with Gasteiger partial charge in [0, 0.05) is 0 Å². The molecular formula is C2H11ClN2. The van der Waals surface area contributed by atoms with Crippen LogP contribution in [0.1, 0.15) is 0 Å². The summed E-state index contributed by atoms with van der Waals surface area (Å²) in [5, 5.41) is 0. The Morgan fingerprint density at radius 1 is 0.800 bits per heavy atom. The molecule has 5 heavy (non-hydrogen) atoms. The van der Waals surface area contributed by atoms with Crippen LogP contribution >= 0.6 is 12.4 Å². The largest absolute Gasteiger partial charge is 0.333 e. The fourth-order valence-electron chi connectivity index (χ4n) is 0. The van der Waals surface area contributed by atoms with Crippen LogP contribution in [0.2, 0.25) is 0 Å². The zero-order chi connectivity index (χ0) is 4.00. The third kappa shape index (κ3) is 466. The first-order valence-corrected chi connectivity index (χ1v) is 1.15. The van der Waals surface area contributed by atoms with Gasteiger partial charge in [-0.25, -0.2) is 0 Å². The fraction of sp³-hybridized carbons (Fsp3) is 1.00. The summed E-state index contributed by atoms with van der Waals surface area (Å²) in [4.78, 5) is 0. The van der Waals surface area contributed by atoms with Crippen LogP contribution in [-0.2, 0) is 0 Å². The lowest BCUT2D eigenvalue weighted by Gasteiger charge is -1.19. The molecule has 0 radical (unpaired) electrons. The van der Waals surface area contributed by atoms with E-state index in [1.54, 1.807) is 0 Å². The van der Waals surface area contributed by atoms with Crippen molar-refractivity contribution < 1.29 is 0 Å². The molecule has 2 nitrogen and oxygen atoms in total. The van der Waals surface area contributed by atoms with E-state index in [9.17, 15) is 0 Å². The predicted octanol–water partition coefficient (Wildman–Crippen LogP) is -0.428. The van der Waals surface area contributed by atoms with Crippen molar-refractivity contribution in [2.75, 3.05) is 14.1 Å². The first-order valence-electron chi connectivity index (χ1n) is 1.15. The van der Waals surface area contributed by atoms with Crippen molar-refractivity contribution in [3.05, 3.63) is 0 Å². The maximum Gasteiger partial charge on any atom is -0.0195 e. The topological polar surface area (TPSA) is 52.0 Å². The van der Waals surface area contributed by atoms with Gasteiger partial charge in [0.2, 0.25) is 0 Å². The summed E-state index contributed by atoms with van der Waals surface area (Å²) in [7, 11) is 3.00. The average Bonchev–Trinajstić information content (AvgIpc) is 1.50. The fourth-order valence-corrected chi connectivity index (χ4v) is 0. The van der Waals surface area contributed by atoms with E-state index in [0.29, 0.717) is 0 Å². The van der Waals surface area contributed by atoms with E-state index in [1.165, 1.54) is 14.1 Å². The molecule has 0 aliphatic carbocycles. The molecule has 36 valence electrons. The van der Waals surface area contributed by atoms with Gasteiger partial charge in [0.1, 0.15) is 0 Å². The second-order valence-corrected chi connectivity index (χ2v) is 0. The van der Waals surface area contributed by atoms with Crippen LogP contribution < -0.4 is 11.5 Å². The highest BCUT2D eigenvalue weighted by atomic mass is 35.5. The maximum atomic E-state index is 4.50. The van der Waals surface area contributed by atoms with Gasteiger partial charge in [-0.3, -0.25) is 0 Å². The Labute approximate surface area is 38.9 Å². The number of hydrogen-bond acceptors (Lipinski definition) is 2. The Morgan fingerprint density at radius 2 is 0.800 bits per heavy atom. The van der Waals surface area contributed by atoms with E-state index < -0.39 is 0 Å². The minimum atomic E-state index is 0. The molecule has 0 aromatic carbocycles. The zero-order valence-corrected chi connectivity index (χ0v) is 4.38. The second-order valence-electron chi connectivity index (χ2n) is 0. The Bertz CT molecular complexity index is 7.61. The van der Waals surface area contributed by atoms with Gasteiger partial charge in [-0.2, -0.15) is 0 Å². The minimum Gasteiger partial charge on any atom is -0.333 e. The van der Waals surface area contributed by atoms with Crippen LogP contribution in [0, 0.1) is 0 Å². The number of nitrogens with two attached hydrogens (primary N) is 2. The molecule has 0 spiro atoms. The molecule has 0 aromatic heterocycles. The molecule has 3 heteroatoms. The molecule has 0 bridgehead atoms. The summed E-state index contributed by atoms with van der Waals surface area (Å²) in [5.74, 6) is 0. The lowest BCUT2D eigenvalue weighted by atomic mass is 11.6. The molecule has 0 saturated carbocycles. The van der Waals surface area contributed by atoms with Crippen LogP contribution in [0.25, 0.3) is 0 Å². The van der Waals surface area contributed by atoms with Crippen LogP contribution in [-0.4, -0.2) is 14.1 Å². The first kappa shape index (κ1) is 18.9. The molecule has 0 heterocycles. The van der Waals surface area contributed by atoms with Crippen molar-refractivity contribution in [2.45, 2.75) is 0 Å². The van der Waals surface area contributed by atoms with Gasteiger partial charge in [0.15, 0.2) is 0 Å². The van der Waals surface area contributed by atoms with Gasteiger partial charge in [0.25, 0.3) is 0 Å². The Morgan fingerprint density at radius 3 is 0.800 bits per heavy atom. The van der Waals surface area contributed by atoms with E-state index >= 15 is 0 Å². The van der Waals surface area contributed by atoms with Gasteiger partial charge >= 0.3 is 0 Å². The highest BCUT2D eigenvalue weighted by Gasteiger charge is 0.838. The van der Waals surface area contributed by atoms with E-state index in [1.807, 2.05) is 0 Å². The molecule has 0 fully saturated rings. The zero-order valence-electron chi connectivity index (χ0n) is 3.56. The highest BCUT2D eigenvalue weighted by Crippen LogP contribution is 0.690. The third-order valence-corrected chi connectivity index (χ3v) is 0. The van der Waals surface area contributed by atoms with Crippen LogP contribution in [0.15, 0.2) is 0 Å². The summed E-state index contributed by atoms with van der Waals surface area (Å²) >= 11 is 0. The molecule has 0 aromatic rings. The molecule has 0 atom stereocenters. The summed E-state index contributed by atoms with van der Waals surface area (Å²) in [5.41, 5.74) is 9.00. The van der Waals surface area contributed by atoms with Crippen molar-refractivity contribution in [3.8, 4) is 0 Å². The molecule has 0 unspecified atom stereocenters. The van der Waals surface area contributed by atoms with Gasteiger partial charge in [-0.1, -0.05) is 0 Å². The molecule has 0 amide bonds. The van der Waals surface area contributed by atoms with Crippen LogP contribution in [0.3, 0.4) is 0 Å². The predicted molar refractivity (Wildman–Crippen MR) is 27.5 cm³/mol. The second kappa shape index (κ2) is 984. The summed E-state index contributed by atoms with van der Waals surface area (Å²) in [6.45, 7) is 0. The molecule has 4 N–H and O–H groups in total. The van der Waals surface area contributed by atoms with Crippen molar-refractivity contribution in [3.63, 3.8) is 0 Å². The van der Waals surface area contributed by atoms with E-state index in [2.05, 4.69) is 11.5 Å². The van der Waals surface area contributed by atoms with Crippen LogP contribution in [0.4, 0.5) is 0 Å².